The fourth-order valence-corrected chi connectivity index (χ4v) is 2.40. The zero-order valence-corrected chi connectivity index (χ0v) is 9.02. The monoisotopic (exact) mass is 174 g/mol. The lowest BCUT2D eigenvalue weighted by Gasteiger charge is -2.10. The molecule has 0 N–H and O–H groups in total. The van der Waals surface area contributed by atoms with E-state index in [0.29, 0.717) is 0 Å². The topological polar surface area (TPSA) is 0 Å². The largest absolute Gasteiger partial charge is 0.0616 e. The van der Waals surface area contributed by atoms with Crippen LogP contribution in [-0.2, 0) is 6.42 Å². The molecule has 0 heterocycles. The number of hydrogen-bond acceptors (Lipinski definition) is 0. The molecule has 0 radical (unpaired) electrons. The molecule has 0 aliphatic heterocycles. The lowest BCUT2D eigenvalue weighted by molar-refractivity contribution is 0.531. The van der Waals surface area contributed by atoms with Crippen LogP contribution in [0, 0.1) is 19.8 Å². The molecule has 13 heavy (non-hydrogen) atoms. The van der Waals surface area contributed by atoms with Crippen molar-refractivity contribution in [3.8, 4) is 0 Å². The summed E-state index contributed by atoms with van der Waals surface area (Å²) in [7, 11) is 0. The second kappa shape index (κ2) is 2.87. The van der Waals surface area contributed by atoms with Gasteiger partial charge >= 0.3 is 0 Å². The van der Waals surface area contributed by atoms with Crippen LogP contribution in [0.15, 0.2) is 12.1 Å². The van der Waals surface area contributed by atoms with Crippen molar-refractivity contribution in [3.05, 3.63) is 34.4 Å². The van der Waals surface area contributed by atoms with Crippen molar-refractivity contribution >= 4 is 0 Å². The fraction of sp³-hybridized carbons (Fsp3) is 0.538. The van der Waals surface area contributed by atoms with E-state index in [1.807, 2.05) is 0 Å². The molecule has 70 valence electrons. The van der Waals surface area contributed by atoms with E-state index in [2.05, 4.69) is 39.8 Å². The van der Waals surface area contributed by atoms with E-state index in [0.717, 1.165) is 11.8 Å². The smallest absolute Gasteiger partial charge is 0.0159 e. The second-order valence-electron chi connectivity index (χ2n) is 4.55. The Kier molecular flexibility index (Phi) is 1.94. The average Bonchev–Trinajstić information content (AvgIpc) is 2.38. The van der Waals surface area contributed by atoms with Crippen molar-refractivity contribution in [2.24, 2.45) is 5.92 Å². The maximum Gasteiger partial charge on any atom is -0.0159 e. The third kappa shape index (κ3) is 1.20. The van der Waals surface area contributed by atoms with E-state index in [4.69, 9.17) is 0 Å². The normalized spacial score (nSPS) is 26.2. The molecule has 0 amide bonds. The van der Waals surface area contributed by atoms with Crippen LogP contribution in [0.1, 0.15) is 42.0 Å². The number of fused-ring (bicyclic) bond motifs is 1. The summed E-state index contributed by atoms with van der Waals surface area (Å²) in [5.74, 6) is 1.59. The number of aryl methyl sites for hydroxylation is 1. The maximum absolute atomic E-state index is 2.36. The van der Waals surface area contributed by atoms with Gasteiger partial charge in [-0.1, -0.05) is 26.0 Å². The summed E-state index contributed by atoms with van der Waals surface area (Å²) in [5.41, 5.74) is 6.18. The van der Waals surface area contributed by atoms with Crippen molar-refractivity contribution < 1.29 is 0 Å². The molecule has 0 fully saturated rings. The Labute approximate surface area is 81.0 Å². The molecule has 2 atom stereocenters. The van der Waals surface area contributed by atoms with Gasteiger partial charge in [0.05, 0.1) is 0 Å². The van der Waals surface area contributed by atoms with Crippen molar-refractivity contribution in [1.82, 2.24) is 0 Å². The molecule has 0 nitrogen and oxygen atoms in total. The molecule has 1 aliphatic carbocycles. The van der Waals surface area contributed by atoms with Crippen LogP contribution in [0.2, 0.25) is 0 Å². The zero-order chi connectivity index (χ0) is 9.59. The highest BCUT2D eigenvalue weighted by Crippen LogP contribution is 2.39. The molecule has 2 rings (SSSR count). The van der Waals surface area contributed by atoms with E-state index < -0.39 is 0 Å². The molecule has 0 saturated heterocycles. The quantitative estimate of drug-likeness (QED) is 0.563. The van der Waals surface area contributed by atoms with Gasteiger partial charge in [0.25, 0.3) is 0 Å². The molecule has 0 saturated carbocycles. The molecular weight excluding hydrogens is 156 g/mol. The van der Waals surface area contributed by atoms with Crippen molar-refractivity contribution in [3.63, 3.8) is 0 Å². The highest BCUT2D eigenvalue weighted by atomic mass is 14.3. The SMILES string of the molecule is Cc1ccc2c(c1C)CC(C)C2C. The summed E-state index contributed by atoms with van der Waals surface area (Å²) in [5, 5.41) is 0. The Bertz CT molecular complexity index is 336. The summed E-state index contributed by atoms with van der Waals surface area (Å²) >= 11 is 0. The number of rotatable bonds is 0. The summed E-state index contributed by atoms with van der Waals surface area (Å²) in [4.78, 5) is 0. The Morgan fingerprint density at radius 1 is 1.15 bits per heavy atom. The predicted molar refractivity (Wildman–Crippen MR) is 57.2 cm³/mol. The van der Waals surface area contributed by atoms with E-state index in [9.17, 15) is 0 Å². The summed E-state index contributed by atoms with van der Waals surface area (Å²) in [6, 6.07) is 4.59. The molecule has 2 unspecified atom stereocenters. The lowest BCUT2D eigenvalue weighted by atomic mass is 9.95. The van der Waals surface area contributed by atoms with Gasteiger partial charge in [-0.15, -0.1) is 0 Å². The van der Waals surface area contributed by atoms with Gasteiger partial charge in [0.15, 0.2) is 0 Å². The molecule has 1 aromatic carbocycles. The lowest BCUT2D eigenvalue weighted by Crippen LogP contribution is -1.97. The van der Waals surface area contributed by atoms with Gasteiger partial charge in [-0.05, 0) is 54.4 Å². The molecular formula is C13H18. The number of benzene rings is 1. The standard InChI is InChI=1S/C13H18/c1-8-5-6-12-11(4)9(2)7-13(12)10(8)3/h5-6,9,11H,7H2,1-4H3. The molecule has 0 bridgehead atoms. The molecule has 1 aromatic rings. The first-order chi connectivity index (χ1) is 6.11. The maximum atomic E-state index is 2.36. The van der Waals surface area contributed by atoms with E-state index >= 15 is 0 Å². The molecule has 0 spiro atoms. The van der Waals surface area contributed by atoms with Crippen LogP contribution in [0.4, 0.5) is 0 Å². The van der Waals surface area contributed by atoms with E-state index in [1.54, 1.807) is 11.1 Å². The van der Waals surface area contributed by atoms with Crippen LogP contribution in [-0.4, -0.2) is 0 Å². The Morgan fingerprint density at radius 3 is 2.54 bits per heavy atom. The molecule has 0 aromatic heterocycles. The van der Waals surface area contributed by atoms with Crippen LogP contribution in [0.3, 0.4) is 0 Å². The number of hydrogen-bond donors (Lipinski definition) is 0. The Hall–Kier alpha value is -0.780. The third-order valence-corrected chi connectivity index (χ3v) is 3.78. The van der Waals surface area contributed by atoms with E-state index in [-0.39, 0.29) is 0 Å². The van der Waals surface area contributed by atoms with Gasteiger partial charge in [-0.25, -0.2) is 0 Å². The van der Waals surface area contributed by atoms with Crippen LogP contribution in [0.25, 0.3) is 0 Å². The van der Waals surface area contributed by atoms with Crippen LogP contribution < -0.4 is 0 Å². The van der Waals surface area contributed by atoms with Gasteiger partial charge in [0.1, 0.15) is 0 Å². The minimum atomic E-state index is 0.759. The summed E-state index contributed by atoms with van der Waals surface area (Å²) in [6.45, 7) is 9.19. The average molecular weight is 174 g/mol. The molecule has 0 heteroatoms. The first-order valence-electron chi connectivity index (χ1n) is 5.20. The minimum absolute atomic E-state index is 0.759. The highest BCUT2D eigenvalue weighted by Gasteiger charge is 2.26. The second-order valence-corrected chi connectivity index (χ2v) is 4.55. The Balaban J connectivity index is 2.57. The minimum Gasteiger partial charge on any atom is -0.0616 e. The first kappa shape index (κ1) is 8.80. The van der Waals surface area contributed by atoms with Gasteiger partial charge in [0.2, 0.25) is 0 Å². The zero-order valence-electron chi connectivity index (χ0n) is 9.02. The van der Waals surface area contributed by atoms with Crippen molar-refractivity contribution in [1.29, 1.82) is 0 Å². The van der Waals surface area contributed by atoms with Gasteiger partial charge in [-0.2, -0.15) is 0 Å². The van der Waals surface area contributed by atoms with Crippen LogP contribution >= 0.6 is 0 Å². The third-order valence-electron chi connectivity index (χ3n) is 3.78. The Morgan fingerprint density at radius 2 is 1.85 bits per heavy atom. The fourth-order valence-electron chi connectivity index (χ4n) is 2.40. The van der Waals surface area contributed by atoms with Crippen LogP contribution in [0.5, 0.6) is 0 Å². The summed E-state index contributed by atoms with van der Waals surface area (Å²) < 4.78 is 0. The van der Waals surface area contributed by atoms with Crippen molar-refractivity contribution in [2.45, 2.75) is 40.0 Å². The summed E-state index contributed by atoms with van der Waals surface area (Å²) in [6.07, 6.45) is 1.28. The van der Waals surface area contributed by atoms with E-state index in [1.165, 1.54) is 17.5 Å². The van der Waals surface area contributed by atoms with Gasteiger partial charge in [0, 0.05) is 0 Å². The first-order valence-corrected chi connectivity index (χ1v) is 5.20. The predicted octanol–water partition coefficient (Wildman–Crippen LogP) is 3.60. The molecule has 1 aliphatic rings. The van der Waals surface area contributed by atoms with Crippen molar-refractivity contribution in [2.75, 3.05) is 0 Å². The van der Waals surface area contributed by atoms with Gasteiger partial charge < -0.3 is 0 Å². The highest BCUT2D eigenvalue weighted by molar-refractivity contribution is 5.44. The van der Waals surface area contributed by atoms with Gasteiger partial charge in [-0.3, -0.25) is 0 Å².